The van der Waals surface area contributed by atoms with E-state index in [0.717, 1.165) is 12.8 Å². The smallest absolute Gasteiger partial charge is 0.326 e. The Morgan fingerprint density at radius 1 is 1.11 bits per heavy atom. The molecule has 0 aliphatic heterocycles. The van der Waals surface area contributed by atoms with E-state index in [1.807, 2.05) is 0 Å². The number of hydrogen-bond acceptors (Lipinski definition) is 2. The average Bonchev–Trinajstić information content (AvgIpc) is 2.37. The van der Waals surface area contributed by atoms with Crippen molar-refractivity contribution >= 4 is 12.0 Å². The lowest BCUT2D eigenvalue weighted by atomic mass is 10.1. The van der Waals surface area contributed by atoms with Crippen LogP contribution >= 0.6 is 0 Å². The van der Waals surface area contributed by atoms with Crippen molar-refractivity contribution in [3.8, 4) is 0 Å². The third-order valence-corrected chi connectivity index (χ3v) is 3.27. The first-order valence-electron chi connectivity index (χ1n) is 7.28. The van der Waals surface area contributed by atoms with Gasteiger partial charge >= 0.3 is 12.0 Å². The second-order valence-corrected chi connectivity index (χ2v) is 4.87. The summed E-state index contributed by atoms with van der Waals surface area (Å²) in [5.41, 5.74) is 0. The number of amides is 2. The zero-order valence-corrected chi connectivity index (χ0v) is 12.4. The largest absolute Gasteiger partial charge is 0.480 e. The Kier molecular flexibility index (Phi) is 9.94. The molecule has 0 fully saturated rings. The summed E-state index contributed by atoms with van der Waals surface area (Å²) in [5.74, 6) is -0.959. The van der Waals surface area contributed by atoms with Crippen molar-refractivity contribution < 1.29 is 14.7 Å². The van der Waals surface area contributed by atoms with E-state index in [4.69, 9.17) is 5.11 Å². The van der Waals surface area contributed by atoms with Gasteiger partial charge in [0.2, 0.25) is 0 Å². The number of urea groups is 1. The number of carboxylic acids is 1. The van der Waals surface area contributed by atoms with E-state index >= 15 is 0 Å². The number of unbranched alkanes of at least 4 members (excludes halogenated alkanes) is 5. The molecule has 2 N–H and O–H groups in total. The van der Waals surface area contributed by atoms with E-state index in [2.05, 4.69) is 12.2 Å². The number of rotatable bonds is 10. The van der Waals surface area contributed by atoms with E-state index in [9.17, 15) is 9.59 Å². The van der Waals surface area contributed by atoms with Crippen LogP contribution in [-0.2, 0) is 4.79 Å². The van der Waals surface area contributed by atoms with Crippen molar-refractivity contribution in [3.05, 3.63) is 0 Å². The SMILES string of the molecule is CCCCCCCCNC(=O)N(C)C(CC)C(=O)O. The highest BCUT2D eigenvalue weighted by molar-refractivity contribution is 5.82. The topological polar surface area (TPSA) is 69.6 Å². The molecular weight excluding hydrogens is 244 g/mol. The molecule has 0 saturated carbocycles. The maximum Gasteiger partial charge on any atom is 0.326 e. The first kappa shape index (κ1) is 17.7. The Morgan fingerprint density at radius 2 is 1.68 bits per heavy atom. The summed E-state index contributed by atoms with van der Waals surface area (Å²) in [6.45, 7) is 4.56. The summed E-state index contributed by atoms with van der Waals surface area (Å²) in [4.78, 5) is 23.9. The minimum atomic E-state index is -0.959. The monoisotopic (exact) mass is 272 g/mol. The molecule has 0 rings (SSSR count). The minimum absolute atomic E-state index is 0.303. The highest BCUT2D eigenvalue weighted by Gasteiger charge is 2.24. The summed E-state index contributed by atoms with van der Waals surface area (Å²) in [6.07, 6.45) is 7.43. The standard InChI is InChI=1S/C14H28N2O3/c1-4-6-7-8-9-10-11-15-14(19)16(3)12(5-2)13(17)18/h12H,4-11H2,1-3H3,(H,15,19)(H,17,18). The van der Waals surface area contributed by atoms with Gasteiger partial charge in [-0.25, -0.2) is 9.59 Å². The average molecular weight is 272 g/mol. The van der Waals surface area contributed by atoms with Crippen LogP contribution < -0.4 is 5.32 Å². The molecular formula is C14H28N2O3. The molecule has 2 amide bonds. The minimum Gasteiger partial charge on any atom is -0.480 e. The molecule has 5 heteroatoms. The van der Waals surface area contributed by atoms with E-state index in [1.165, 1.54) is 37.6 Å². The van der Waals surface area contributed by atoms with Crippen LogP contribution in [0.1, 0.15) is 58.8 Å². The third kappa shape index (κ3) is 7.70. The Hall–Kier alpha value is -1.26. The Bertz CT molecular complexity index is 269. The first-order valence-corrected chi connectivity index (χ1v) is 7.28. The molecule has 0 aromatic heterocycles. The number of carbonyl (C=O) groups excluding carboxylic acids is 1. The van der Waals surface area contributed by atoms with Crippen LogP contribution in [0.4, 0.5) is 4.79 Å². The molecule has 0 radical (unpaired) electrons. The number of nitrogens with zero attached hydrogens (tertiary/aromatic N) is 1. The van der Waals surface area contributed by atoms with Gasteiger partial charge in [0.25, 0.3) is 0 Å². The lowest BCUT2D eigenvalue weighted by Crippen LogP contribution is -2.47. The maximum atomic E-state index is 11.7. The van der Waals surface area contributed by atoms with Gasteiger partial charge in [-0.1, -0.05) is 46.0 Å². The van der Waals surface area contributed by atoms with E-state index < -0.39 is 12.0 Å². The van der Waals surface area contributed by atoms with Gasteiger partial charge in [-0.3, -0.25) is 0 Å². The van der Waals surface area contributed by atoms with Crippen LogP contribution in [0, 0.1) is 0 Å². The predicted molar refractivity (Wildman–Crippen MR) is 76.3 cm³/mol. The van der Waals surface area contributed by atoms with Gasteiger partial charge in [-0.2, -0.15) is 0 Å². The summed E-state index contributed by atoms with van der Waals surface area (Å²) in [7, 11) is 1.53. The zero-order valence-electron chi connectivity index (χ0n) is 12.4. The molecule has 1 atom stereocenters. The fourth-order valence-electron chi connectivity index (χ4n) is 1.98. The highest BCUT2D eigenvalue weighted by atomic mass is 16.4. The van der Waals surface area contributed by atoms with Crippen molar-refractivity contribution in [2.75, 3.05) is 13.6 Å². The number of carbonyl (C=O) groups is 2. The number of nitrogens with one attached hydrogen (secondary N) is 1. The fraction of sp³-hybridized carbons (Fsp3) is 0.857. The Morgan fingerprint density at radius 3 is 2.21 bits per heavy atom. The van der Waals surface area contributed by atoms with Crippen LogP contribution in [0.15, 0.2) is 0 Å². The molecule has 0 aliphatic carbocycles. The van der Waals surface area contributed by atoms with Crippen LogP contribution in [-0.4, -0.2) is 41.6 Å². The van der Waals surface area contributed by atoms with Gasteiger partial charge < -0.3 is 15.3 Å². The van der Waals surface area contributed by atoms with Crippen LogP contribution in [0.2, 0.25) is 0 Å². The summed E-state index contributed by atoms with van der Waals surface area (Å²) in [5, 5.41) is 11.7. The van der Waals surface area contributed by atoms with Crippen LogP contribution in [0.5, 0.6) is 0 Å². The van der Waals surface area contributed by atoms with E-state index in [1.54, 1.807) is 6.92 Å². The summed E-state index contributed by atoms with van der Waals surface area (Å²) >= 11 is 0. The van der Waals surface area contributed by atoms with Crippen molar-refractivity contribution in [2.24, 2.45) is 0 Å². The molecule has 19 heavy (non-hydrogen) atoms. The van der Waals surface area contributed by atoms with Crippen molar-refractivity contribution in [3.63, 3.8) is 0 Å². The van der Waals surface area contributed by atoms with Crippen LogP contribution in [0.3, 0.4) is 0 Å². The lowest BCUT2D eigenvalue weighted by molar-refractivity contribution is -0.141. The second-order valence-electron chi connectivity index (χ2n) is 4.87. The number of carboxylic acid groups (broad SMARTS) is 1. The third-order valence-electron chi connectivity index (χ3n) is 3.27. The zero-order chi connectivity index (χ0) is 14.7. The van der Waals surface area contributed by atoms with Gasteiger partial charge in [0.1, 0.15) is 6.04 Å². The highest BCUT2D eigenvalue weighted by Crippen LogP contribution is 2.05. The number of aliphatic carboxylic acids is 1. The molecule has 0 aliphatic rings. The molecule has 112 valence electrons. The van der Waals surface area contributed by atoms with E-state index in [0.29, 0.717) is 13.0 Å². The molecule has 0 aromatic rings. The molecule has 0 spiro atoms. The van der Waals surface area contributed by atoms with Crippen molar-refractivity contribution in [2.45, 2.75) is 64.8 Å². The van der Waals surface area contributed by atoms with Crippen LogP contribution in [0.25, 0.3) is 0 Å². The van der Waals surface area contributed by atoms with Gasteiger partial charge in [-0.15, -0.1) is 0 Å². The molecule has 5 nitrogen and oxygen atoms in total. The predicted octanol–water partition coefficient (Wildman–Crippen LogP) is 2.85. The Balaban J connectivity index is 3.76. The van der Waals surface area contributed by atoms with E-state index in [-0.39, 0.29) is 6.03 Å². The molecule has 0 aromatic carbocycles. The first-order chi connectivity index (χ1) is 9.04. The van der Waals surface area contributed by atoms with Crippen molar-refractivity contribution in [1.29, 1.82) is 0 Å². The maximum absolute atomic E-state index is 11.7. The van der Waals surface area contributed by atoms with Gasteiger partial charge in [0.05, 0.1) is 0 Å². The number of hydrogen-bond donors (Lipinski definition) is 2. The normalized spacial score (nSPS) is 11.9. The van der Waals surface area contributed by atoms with Gasteiger partial charge in [-0.05, 0) is 12.8 Å². The second kappa shape index (κ2) is 10.6. The number of likely N-dealkylation sites (N-methyl/N-ethyl adjacent to an activating group) is 1. The summed E-state index contributed by atoms with van der Waals surface area (Å²) in [6, 6.07) is -1.05. The molecule has 0 heterocycles. The molecule has 1 unspecified atom stereocenters. The lowest BCUT2D eigenvalue weighted by Gasteiger charge is -2.23. The fourth-order valence-corrected chi connectivity index (χ4v) is 1.98. The van der Waals surface area contributed by atoms with Gasteiger partial charge in [0, 0.05) is 13.6 Å². The molecule has 0 saturated heterocycles. The Labute approximate surface area is 116 Å². The van der Waals surface area contributed by atoms with Crippen molar-refractivity contribution in [1.82, 2.24) is 10.2 Å². The van der Waals surface area contributed by atoms with Gasteiger partial charge in [0.15, 0.2) is 0 Å². The summed E-state index contributed by atoms with van der Waals surface area (Å²) < 4.78 is 0. The molecule has 0 bridgehead atoms. The quantitative estimate of drug-likeness (QED) is 0.601.